The number of hydrogen-bond acceptors (Lipinski definition) is 4. The molecular weight excluding hydrogens is 859 g/mol. The molecule has 0 amide bonds. The largest absolute Gasteiger partial charge is 0.309 e. The fourth-order valence-corrected chi connectivity index (χ4v) is 11.7. The molecule has 0 saturated heterocycles. The van der Waals surface area contributed by atoms with Gasteiger partial charge in [0.2, 0.25) is 0 Å². The SMILES string of the molecule is c1ccc(-c2ccc3c4c(-c5cccc6c5c5ccccc5n6-c5ccccc5)cccc4n(-c4ccccc4-c4nc(-c5ccccc5)nc(-c5cccc6sc7ccccc7c56)n4)c3c2)cc1. The number of para-hydroxylation sites is 3. The molecule has 69 heavy (non-hydrogen) atoms. The summed E-state index contributed by atoms with van der Waals surface area (Å²) in [5.41, 5.74) is 14.1. The third kappa shape index (κ3) is 6.27. The average Bonchev–Trinajstić information content (AvgIpc) is 4.09. The molecule has 0 aliphatic rings. The van der Waals surface area contributed by atoms with E-state index in [-0.39, 0.29) is 0 Å². The van der Waals surface area contributed by atoms with Crippen LogP contribution in [0, 0.1) is 0 Å². The summed E-state index contributed by atoms with van der Waals surface area (Å²) in [5.74, 6) is 1.87. The summed E-state index contributed by atoms with van der Waals surface area (Å²) in [6, 6.07) is 84.5. The molecule has 0 fully saturated rings. The fourth-order valence-electron chi connectivity index (χ4n) is 10.6. The van der Waals surface area contributed by atoms with Gasteiger partial charge in [0.05, 0.1) is 27.8 Å². The van der Waals surface area contributed by atoms with Crippen molar-refractivity contribution in [3.8, 4) is 67.8 Å². The van der Waals surface area contributed by atoms with E-state index in [0.29, 0.717) is 17.5 Å². The highest BCUT2D eigenvalue weighted by molar-refractivity contribution is 7.25. The smallest absolute Gasteiger partial charge is 0.166 e. The molecule has 14 aromatic rings. The minimum Gasteiger partial charge on any atom is -0.309 e. The Labute approximate surface area is 401 Å². The van der Waals surface area contributed by atoms with E-state index in [9.17, 15) is 0 Å². The molecule has 0 atom stereocenters. The van der Waals surface area contributed by atoms with Crippen LogP contribution in [0.4, 0.5) is 0 Å². The number of benzene rings is 10. The third-order valence-electron chi connectivity index (χ3n) is 13.6. The summed E-state index contributed by atoms with van der Waals surface area (Å²) in [7, 11) is 0. The van der Waals surface area contributed by atoms with Crippen molar-refractivity contribution < 1.29 is 0 Å². The normalized spacial score (nSPS) is 11.8. The van der Waals surface area contributed by atoms with Crippen LogP contribution in [0.2, 0.25) is 0 Å². The molecule has 6 heteroatoms. The molecule has 0 aliphatic heterocycles. The van der Waals surface area contributed by atoms with Gasteiger partial charge in [-0.05, 0) is 82.9 Å². The second kappa shape index (κ2) is 15.8. The predicted octanol–water partition coefficient (Wildman–Crippen LogP) is 16.8. The molecule has 0 saturated carbocycles. The van der Waals surface area contributed by atoms with Crippen LogP contribution in [0.3, 0.4) is 0 Å². The van der Waals surface area contributed by atoms with Gasteiger partial charge in [0.15, 0.2) is 17.5 Å². The minimum atomic E-state index is 0.606. The topological polar surface area (TPSA) is 48.5 Å². The van der Waals surface area contributed by atoms with Crippen LogP contribution >= 0.6 is 11.3 Å². The lowest BCUT2D eigenvalue weighted by Gasteiger charge is -2.15. The molecule has 14 rings (SSSR count). The highest BCUT2D eigenvalue weighted by atomic mass is 32.1. The Bertz CT molecular complexity index is 4300. The van der Waals surface area contributed by atoms with E-state index in [0.717, 1.165) is 61.0 Å². The standard InChI is InChI=1S/C63H39N5S/c1-4-19-40(20-5-1)42-37-38-47-55(39-42)68(54-34-17-29-45(59(47)54)44-28-16-33-53-58(44)46-25-10-13-31-51(46)67(53)43-23-8-3-9-24-43)52-32-14-11-26-48(52)62-64-61(41-21-6-2-7-22-41)65-63(66-62)50-30-18-36-57-60(50)49-27-12-15-35-56(49)69-57/h1-39H. The molecule has 0 unspecified atom stereocenters. The lowest BCUT2D eigenvalue weighted by atomic mass is 9.95. The van der Waals surface area contributed by atoms with Gasteiger partial charge in [-0.15, -0.1) is 11.3 Å². The van der Waals surface area contributed by atoms with Crippen molar-refractivity contribution in [1.29, 1.82) is 0 Å². The van der Waals surface area contributed by atoms with E-state index in [1.165, 1.54) is 53.1 Å². The van der Waals surface area contributed by atoms with E-state index in [1.54, 1.807) is 11.3 Å². The first-order chi connectivity index (χ1) is 34.2. The Hall–Kier alpha value is -8.97. The van der Waals surface area contributed by atoms with Crippen molar-refractivity contribution >= 4 is 75.1 Å². The van der Waals surface area contributed by atoms with E-state index >= 15 is 0 Å². The van der Waals surface area contributed by atoms with Gasteiger partial charge in [0, 0.05) is 64.1 Å². The van der Waals surface area contributed by atoms with Crippen LogP contribution in [-0.2, 0) is 0 Å². The van der Waals surface area contributed by atoms with Gasteiger partial charge in [-0.1, -0.05) is 176 Å². The quantitative estimate of drug-likeness (QED) is 0.160. The van der Waals surface area contributed by atoms with Crippen LogP contribution in [0.25, 0.3) is 132 Å². The van der Waals surface area contributed by atoms with Crippen molar-refractivity contribution in [3.63, 3.8) is 0 Å². The third-order valence-corrected chi connectivity index (χ3v) is 14.7. The molecule has 4 aromatic heterocycles. The van der Waals surface area contributed by atoms with Gasteiger partial charge in [0.25, 0.3) is 0 Å². The van der Waals surface area contributed by atoms with E-state index in [1.807, 2.05) is 18.2 Å². The molecule has 0 spiro atoms. The maximum absolute atomic E-state index is 5.45. The summed E-state index contributed by atoms with van der Waals surface area (Å²) >= 11 is 1.80. The van der Waals surface area contributed by atoms with Crippen molar-refractivity contribution in [2.45, 2.75) is 0 Å². The van der Waals surface area contributed by atoms with E-state index in [2.05, 4.69) is 228 Å². The maximum atomic E-state index is 5.45. The Balaban J connectivity index is 1.05. The number of rotatable bonds is 7. The molecule has 10 aromatic carbocycles. The zero-order valence-electron chi connectivity index (χ0n) is 37.2. The van der Waals surface area contributed by atoms with Gasteiger partial charge >= 0.3 is 0 Å². The Kier molecular flexibility index (Phi) is 9.00. The van der Waals surface area contributed by atoms with Crippen LogP contribution in [0.1, 0.15) is 0 Å². The monoisotopic (exact) mass is 897 g/mol. The van der Waals surface area contributed by atoms with Gasteiger partial charge in [-0.2, -0.15) is 0 Å². The molecular formula is C63H39N5S. The molecule has 0 radical (unpaired) electrons. The number of thiophene rings is 1. The summed E-state index contributed by atoms with van der Waals surface area (Å²) < 4.78 is 7.27. The highest BCUT2D eigenvalue weighted by Crippen LogP contribution is 2.46. The van der Waals surface area contributed by atoms with Crippen molar-refractivity contribution in [1.82, 2.24) is 24.1 Å². The van der Waals surface area contributed by atoms with Crippen LogP contribution in [0.5, 0.6) is 0 Å². The zero-order valence-corrected chi connectivity index (χ0v) is 38.0. The first kappa shape index (κ1) is 39.2. The summed E-state index contributed by atoms with van der Waals surface area (Å²) in [4.78, 5) is 16.1. The Morgan fingerprint density at radius 2 is 0.812 bits per heavy atom. The predicted molar refractivity (Wildman–Crippen MR) is 289 cm³/mol. The molecule has 0 bridgehead atoms. The summed E-state index contributed by atoms with van der Waals surface area (Å²) in [6.45, 7) is 0. The average molecular weight is 898 g/mol. The Morgan fingerprint density at radius 1 is 0.290 bits per heavy atom. The van der Waals surface area contributed by atoms with Crippen LogP contribution in [0.15, 0.2) is 237 Å². The van der Waals surface area contributed by atoms with E-state index in [4.69, 9.17) is 15.0 Å². The van der Waals surface area contributed by atoms with E-state index < -0.39 is 0 Å². The first-order valence-electron chi connectivity index (χ1n) is 23.3. The van der Waals surface area contributed by atoms with Crippen LogP contribution in [-0.4, -0.2) is 24.1 Å². The number of aromatic nitrogens is 5. The zero-order chi connectivity index (χ0) is 45.4. The maximum Gasteiger partial charge on any atom is 0.166 e. The lowest BCUT2D eigenvalue weighted by Crippen LogP contribution is -2.03. The minimum absolute atomic E-state index is 0.606. The second-order valence-corrected chi connectivity index (χ2v) is 18.6. The molecule has 322 valence electrons. The van der Waals surface area contributed by atoms with Crippen molar-refractivity contribution in [2.24, 2.45) is 0 Å². The second-order valence-electron chi connectivity index (χ2n) is 17.5. The number of fused-ring (bicyclic) bond motifs is 9. The number of nitrogens with zero attached hydrogens (tertiary/aromatic N) is 5. The van der Waals surface area contributed by atoms with Crippen LogP contribution < -0.4 is 0 Å². The number of hydrogen-bond donors (Lipinski definition) is 0. The summed E-state index contributed by atoms with van der Waals surface area (Å²) in [5, 5.41) is 7.15. The van der Waals surface area contributed by atoms with Gasteiger partial charge in [0.1, 0.15) is 0 Å². The fraction of sp³-hybridized carbons (Fsp3) is 0. The molecule has 5 nitrogen and oxygen atoms in total. The summed E-state index contributed by atoms with van der Waals surface area (Å²) in [6.07, 6.45) is 0. The molecule has 0 N–H and O–H groups in total. The van der Waals surface area contributed by atoms with Crippen molar-refractivity contribution in [3.05, 3.63) is 237 Å². The first-order valence-corrected chi connectivity index (χ1v) is 24.1. The van der Waals surface area contributed by atoms with Crippen molar-refractivity contribution in [2.75, 3.05) is 0 Å². The molecule has 0 aliphatic carbocycles. The highest BCUT2D eigenvalue weighted by Gasteiger charge is 2.24. The lowest BCUT2D eigenvalue weighted by molar-refractivity contribution is 1.07. The van der Waals surface area contributed by atoms with Gasteiger partial charge in [-0.25, -0.2) is 15.0 Å². The Morgan fingerprint density at radius 3 is 1.58 bits per heavy atom. The van der Waals surface area contributed by atoms with Gasteiger partial charge < -0.3 is 9.13 Å². The van der Waals surface area contributed by atoms with Gasteiger partial charge in [-0.3, -0.25) is 0 Å². The molecule has 4 heterocycles.